The van der Waals surface area contributed by atoms with Crippen LogP contribution in [0.25, 0.3) is 0 Å². The van der Waals surface area contributed by atoms with Crippen LogP contribution < -0.4 is 5.73 Å². The Labute approximate surface area is 123 Å². The van der Waals surface area contributed by atoms with Gasteiger partial charge in [0, 0.05) is 32.2 Å². The molecule has 0 spiro atoms. The number of piperazine rings is 1. The van der Waals surface area contributed by atoms with Crippen molar-refractivity contribution in [1.82, 2.24) is 9.21 Å². The van der Waals surface area contributed by atoms with Gasteiger partial charge in [0.1, 0.15) is 0 Å². The molecule has 0 bridgehead atoms. The molecule has 2 fully saturated rings. The Morgan fingerprint density at radius 3 is 2.30 bits per heavy atom. The lowest BCUT2D eigenvalue weighted by molar-refractivity contribution is 0.0553. The van der Waals surface area contributed by atoms with Crippen molar-refractivity contribution in [1.29, 1.82) is 0 Å². The second kappa shape index (κ2) is 6.73. The first-order valence-corrected chi connectivity index (χ1v) is 9.69. The Morgan fingerprint density at radius 1 is 1.15 bits per heavy atom. The fraction of sp³-hybridized carbons (Fsp3) is 1.00. The van der Waals surface area contributed by atoms with Gasteiger partial charge in [-0.3, -0.25) is 4.90 Å². The summed E-state index contributed by atoms with van der Waals surface area (Å²) in [5.74, 6) is 1.40. The Morgan fingerprint density at radius 2 is 1.80 bits per heavy atom. The van der Waals surface area contributed by atoms with Gasteiger partial charge in [-0.25, -0.2) is 8.42 Å². The van der Waals surface area contributed by atoms with Gasteiger partial charge in [0.2, 0.25) is 10.0 Å². The lowest BCUT2D eigenvalue weighted by Crippen LogP contribution is -2.55. The summed E-state index contributed by atoms with van der Waals surface area (Å²) in [7, 11) is -3.03. The van der Waals surface area contributed by atoms with Crippen molar-refractivity contribution in [2.24, 2.45) is 17.6 Å². The minimum Gasteiger partial charge on any atom is -0.330 e. The molecule has 0 amide bonds. The van der Waals surface area contributed by atoms with Crippen molar-refractivity contribution >= 4 is 10.0 Å². The monoisotopic (exact) mass is 303 g/mol. The lowest BCUT2D eigenvalue weighted by atomic mass is 9.76. The van der Waals surface area contributed by atoms with E-state index >= 15 is 0 Å². The average molecular weight is 303 g/mol. The number of nitrogens with two attached hydrogens (primary N) is 1. The summed E-state index contributed by atoms with van der Waals surface area (Å²) in [4.78, 5) is 2.49. The van der Waals surface area contributed by atoms with E-state index in [1.165, 1.54) is 31.9 Å². The Bertz CT molecular complexity index is 405. The zero-order valence-electron chi connectivity index (χ0n) is 12.8. The van der Waals surface area contributed by atoms with E-state index in [2.05, 4.69) is 11.8 Å². The Hall–Kier alpha value is -0.170. The summed E-state index contributed by atoms with van der Waals surface area (Å²) in [6.07, 6.45) is 6.32. The molecule has 1 aliphatic carbocycles. The van der Waals surface area contributed by atoms with E-state index < -0.39 is 10.0 Å². The molecule has 20 heavy (non-hydrogen) atoms. The van der Waals surface area contributed by atoms with Crippen molar-refractivity contribution in [2.45, 2.75) is 38.6 Å². The number of hydrogen-bond acceptors (Lipinski definition) is 4. The molecule has 0 aromatic heterocycles. The van der Waals surface area contributed by atoms with E-state index in [4.69, 9.17) is 5.73 Å². The molecule has 2 rings (SSSR count). The van der Waals surface area contributed by atoms with Crippen molar-refractivity contribution < 1.29 is 8.42 Å². The van der Waals surface area contributed by atoms with Crippen LogP contribution in [0.3, 0.4) is 0 Å². The van der Waals surface area contributed by atoms with Gasteiger partial charge in [-0.05, 0) is 31.2 Å². The van der Waals surface area contributed by atoms with E-state index in [0.29, 0.717) is 25.0 Å². The van der Waals surface area contributed by atoms with Crippen LogP contribution in [0, 0.1) is 11.8 Å². The van der Waals surface area contributed by atoms with E-state index in [9.17, 15) is 8.42 Å². The minimum absolute atomic E-state index is 0.556. The highest BCUT2D eigenvalue weighted by molar-refractivity contribution is 7.88. The molecule has 118 valence electrons. The first-order chi connectivity index (χ1) is 9.45. The SMILES string of the molecule is CCC1CCC(CN)C(N2CCN(S(C)(=O)=O)CC2)C1. The first kappa shape index (κ1) is 16.2. The fourth-order valence-corrected chi connectivity index (χ4v) is 4.58. The molecular weight excluding hydrogens is 274 g/mol. The molecule has 1 saturated carbocycles. The van der Waals surface area contributed by atoms with Crippen LogP contribution in [0.1, 0.15) is 32.6 Å². The van der Waals surface area contributed by atoms with Gasteiger partial charge < -0.3 is 5.73 Å². The highest BCUT2D eigenvalue weighted by Gasteiger charge is 2.35. The van der Waals surface area contributed by atoms with Crippen LogP contribution in [0.15, 0.2) is 0 Å². The molecule has 0 aromatic carbocycles. The maximum absolute atomic E-state index is 11.6. The van der Waals surface area contributed by atoms with Crippen molar-refractivity contribution in [3.8, 4) is 0 Å². The molecule has 0 radical (unpaired) electrons. The van der Waals surface area contributed by atoms with Crippen molar-refractivity contribution in [2.75, 3.05) is 39.0 Å². The highest BCUT2D eigenvalue weighted by atomic mass is 32.2. The van der Waals surface area contributed by atoms with Gasteiger partial charge in [0.05, 0.1) is 6.26 Å². The third-order valence-corrected chi connectivity index (χ3v) is 6.46. The van der Waals surface area contributed by atoms with E-state index in [0.717, 1.165) is 25.6 Å². The van der Waals surface area contributed by atoms with Gasteiger partial charge in [-0.1, -0.05) is 19.8 Å². The zero-order chi connectivity index (χ0) is 14.8. The van der Waals surface area contributed by atoms with Crippen LogP contribution in [-0.4, -0.2) is 62.6 Å². The van der Waals surface area contributed by atoms with Gasteiger partial charge >= 0.3 is 0 Å². The van der Waals surface area contributed by atoms with Gasteiger partial charge in [-0.15, -0.1) is 0 Å². The highest BCUT2D eigenvalue weighted by Crippen LogP contribution is 2.34. The topological polar surface area (TPSA) is 66.6 Å². The Balaban J connectivity index is 1.96. The molecule has 0 aromatic rings. The van der Waals surface area contributed by atoms with Crippen LogP contribution in [-0.2, 0) is 10.0 Å². The molecular formula is C14H29N3O2S. The summed E-state index contributed by atoms with van der Waals surface area (Å²) in [5.41, 5.74) is 5.95. The number of sulfonamides is 1. The molecule has 1 heterocycles. The molecule has 3 unspecified atom stereocenters. The molecule has 6 heteroatoms. The maximum atomic E-state index is 11.6. The standard InChI is InChI=1S/C14H29N3O2S/c1-3-12-4-5-13(11-15)14(10-12)16-6-8-17(9-7-16)20(2,18)19/h12-14H,3-11,15H2,1-2H3. The zero-order valence-corrected chi connectivity index (χ0v) is 13.6. The number of rotatable bonds is 4. The largest absolute Gasteiger partial charge is 0.330 e. The van der Waals surface area contributed by atoms with Gasteiger partial charge in [0.25, 0.3) is 0 Å². The summed E-state index contributed by atoms with van der Waals surface area (Å²) in [6.45, 7) is 5.99. The van der Waals surface area contributed by atoms with Crippen LogP contribution >= 0.6 is 0 Å². The number of nitrogens with zero attached hydrogens (tertiary/aromatic N) is 2. The smallest absolute Gasteiger partial charge is 0.211 e. The van der Waals surface area contributed by atoms with E-state index in [1.54, 1.807) is 4.31 Å². The molecule has 5 nitrogen and oxygen atoms in total. The van der Waals surface area contributed by atoms with E-state index in [1.807, 2.05) is 0 Å². The second-order valence-corrected chi connectivity index (χ2v) is 8.33. The van der Waals surface area contributed by atoms with Gasteiger partial charge in [0.15, 0.2) is 0 Å². The average Bonchev–Trinajstić information content (AvgIpc) is 2.45. The number of hydrogen-bond donors (Lipinski definition) is 1. The third kappa shape index (κ3) is 3.72. The molecule has 2 aliphatic rings. The van der Waals surface area contributed by atoms with Crippen LogP contribution in [0.2, 0.25) is 0 Å². The molecule has 2 N–H and O–H groups in total. The maximum Gasteiger partial charge on any atom is 0.211 e. The quantitative estimate of drug-likeness (QED) is 0.831. The van der Waals surface area contributed by atoms with E-state index in [-0.39, 0.29) is 0 Å². The van der Waals surface area contributed by atoms with Crippen LogP contribution in [0.4, 0.5) is 0 Å². The summed E-state index contributed by atoms with van der Waals surface area (Å²) in [5, 5.41) is 0. The van der Waals surface area contributed by atoms with Crippen molar-refractivity contribution in [3.63, 3.8) is 0 Å². The van der Waals surface area contributed by atoms with Crippen molar-refractivity contribution in [3.05, 3.63) is 0 Å². The molecule has 1 aliphatic heterocycles. The summed E-state index contributed by atoms with van der Waals surface area (Å²) >= 11 is 0. The summed E-state index contributed by atoms with van der Waals surface area (Å²) < 4.78 is 24.7. The summed E-state index contributed by atoms with van der Waals surface area (Å²) in [6, 6.07) is 0.556. The fourth-order valence-electron chi connectivity index (χ4n) is 3.75. The van der Waals surface area contributed by atoms with Gasteiger partial charge in [-0.2, -0.15) is 4.31 Å². The Kier molecular flexibility index (Phi) is 5.45. The second-order valence-electron chi connectivity index (χ2n) is 6.35. The molecule has 3 atom stereocenters. The normalized spacial score (nSPS) is 34.2. The lowest BCUT2D eigenvalue weighted by Gasteiger charge is -2.45. The third-order valence-electron chi connectivity index (χ3n) is 5.16. The minimum atomic E-state index is -3.03. The van der Waals surface area contributed by atoms with Crippen LogP contribution in [0.5, 0.6) is 0 Å². The first-order valence-electron chi connectivity index (χ1n) is 7.85. The molecule has 1 saturated heterocycles. The predicted molar refractivity (Wildman–Crippen MR) is 82.0 cm³/mol. The predicted octanol–water partition coefficient (Wildman–Crippen LogP) is 0.717.